The minimum absolute atomic E-state index is 0.262. The standard InChI is InChI=1S/C9H6ClN3O/c10-7-3-1-6(2-4-7)8-9(14)11-5-12-13-8/h1-5H,(H,11,12,14). The van der Waals surface area contributed by atoms with Crippen LogP contribution in [0.5, 0.6) is 0 Å². The number of aromatic nitrogens is 3. The Morgan fingerprint density at radius 3 is 2.57 bits per heavy atom. The first-order chi connectivity index (χ1) is 6.77. The van der Waals surface area contributed by atoms with Crippen molar-refractivity contribution in [3.63, 3.8) is 0 Å². The third-order valence-corrected chi connectivity index (χ3v) is 2.00. The molecule has 0 aliphatic rings. The Labute approximate surface area is 84.6 Å². The van der Waals surface area contributed by atoms with Gasteiger partial charge in [-0.15, -0.1) is 10.2 Å². The molecule has 0 radical (unpaired) electrons. The van der Waals surface area contributed by atoms with Crippen molar-refractivity contribution < 1.29 is 0 Å². The van der Waals surface area contributed by atoms with Crippen molar-refractivity contribution in [2.75, 3.05) is 0 Å². The summed E-state index contributed by atoms with van der Waals surface area (Å²) in [7, 11) is 0. The van der Waals surface area contributed by atoms with Crippen LogP contribution >= 0.6 is 11.6 Å². The molecule has 0 spiro atoms. The van der Waals surface area contributed by atoms with Crippen molar-refractivity contribution in [2.24, 2.45) is 0 Å². The van der Waals surface area contributed by atoms with Crippen LogP contribution < -0.4 is 5.56 Å². The Balaban J connectivity index is 2.56. The lowest BCUT2D eigenvalue weighted by Crippen LogP contribution is -2.11. The van der Waals surface area contributed by atoms with Crippen molar-refractivity contribution in [1.29, 1.82) is 0 Å². The van der Waals surface area contributed by atoms with Gasteiger partial charge in [-0.3, -0.25) is 4.79 Å². The fourth-order valence-corrected chi connectivity index (χ4v) is 1.21. The monoisotopic (exact) mass is 207 g/mol. The lowest BCUT2D eigenvalue weighted by atomic mass is 10.2. The van der Waals surface area contributed by atoms with E-state index in [9.17, 15) is 4.79 Å². The molecule has 5 heteroatoms. The van der Waals surface area contributed by atoms with Crippen LogP contribution in [0.1, 0.15) is 0 Å². The van der Waals surface area contributed by atoms with Gasteiger partial charge >= 0.3 is 0 Å². The number of rotatable bonds is 1. The van der Waals surface area contributed by atoms with Crippen LogP contribution in [0.25, 0.3) is 11.3 Å². The molecule has 2 rings (SSSR count). The van der Waals surface area contributed by atoms with Gasteiger partial charge in [0.2, 0.25) is 0 Å². The molecule has 1 N–H and O–H groups in total. The Morgan fingerprint density at radius 2 is 1.93 bits per heavy atom. The third-order valence-electron chi connectivity index (χ3n) is 1.74. The lowest BCUT2D eigenvalue weighted by molar-refractivity contribution is 0.952. The van der Waals surface area contributed by atoms with Crippen molar-refractivity contribution in [3.8, 4) is 11.3 Å². The quantitative estimate of drug-likeness (QED) is 0.771. The van der Waals surface area contributed by atoms with Crippen molar-refractivity contribution in [2.45, 2.75) is 0 Å². The fraction of sp³-hybridized carbons (Fsp3) is 0. The second kappa shape index (κ2) is 3.59. The van der Waals surface area contributed by atoms with Crippen LogP contribution in [0.15, 0.2) is 35.4 Å². The summed E-state index contributed by atoms with van der Waals surface area (Å²) in [6.07, 6.45) is 1.25. The molecule has 1 aromatic carbocycles. The highest BCUT2D eigenvalue weighted by Gasteiger charge is 2.03. The number of benzene rings is 1. The number of nitrogens with one attached hydrogen (secondary N) is 1. The number of nitrogens with zero attached hydrogens (tertiary/aromatic N) is 2. The first-order valence-electron chi connectivity index (χ1n) is 3.93. The fourth-order valence-electron chi connectivity index (χ4n) is 1.08. The van der Waals surface area contributed by atoms with E-state index in [2.05, 4.69) is 15.2 Å². The minimum atomic E-state index is -0.262. The molecule has 0 aliphatic carbocycles. The van der Waals surface area contributed by atoms with Gasteiger partial charge < -0.3 is 4.98 Å². The average molecular weight is 208 g/mol. The molecule has 0 atom stereocenters. The van der Waals surface area contributed by atoms with E-state index in [4.69, 9.17) is 11.6 Å². The van der Waals surface area contributed by atoms with Gasteiger partial charge in [0.15, 0.2) is 5.69 Å². The molecule has 2 aromatic rings. The SMILES string of the molecule is O=c1[nH]cnnc1-c1ccc(Cl)cc1. The molecular formula is C9H6ClN3O. The van der Waals surface area contributed by atoms with Gasteiger partial charge in [0, 0.05) is 10.6 Å². The summed E-state index contributed by atoms with van der Waals surface area (Å²) >= 11 is 5.72. The molecule has 0 saturated carbocycles. The van der Waals surface area contributed by atoms with E-state index in [0.29, 0.717) is 16.3 Å². The second-order valence-electron chi connectivity index (χ2n) is 2.67. The molecule has 14 heavy (non-hydrogen) atoms. The molecule has 4 nitrogen and oxygen atoms in total. The van der Waals surface area contributed by atoms with Gasteiger partial charge in [0.1, 0.15) is 6.33 Å². The first-order valence-corrected chi connectivity index (χ1v) is 4.31. The van der Waals surface area contributed by atoms with Crippen LogP contribution in [0, 0.1) is 0 Å². The zero-order chi connectivity index (χ0) is 9.97. The number of aromatic amines is 1. The van der Waals surface area contributed by atoms with Gasteiger partial charge in [0.05, 0.1) is 0 Å². The van der Waals surface area contributed by atoms with Gasteiger partial charge in [-0.25, -0.2) is 0 Å². The smallest absolute Gasteiger partial charge is 0.277 e. The first kappa shape index (κ1) is 8.90. The maximum absolute atomic E-state index is 11.3. The normalized spacial score (nSPS) is 10.1. The molecular weight excluding hydrogens is 202 g/mol. The maximum atomic E-state index is 11.3. The predicted octanol–water partition coefficient (Wildman–Crippen LogP) is 1.49. The third kappa shape index (κ3) is 1.65. The molecule has 0 unspecified atom stereocenters. The Hall–Kier alpha value is -1.68. The number of H-pyrrole nitrogens is 1. The summed E-state index contributed by atoms with van der Waals surface area (Å²) in [5.41, 5.74) is 0.732. The van der Waals surface area contributed by atoms with E-state index >= 15 is 0 Å². The molecule has 1 heterocycles. The molecule has 0 bridgehead atoms. The second-order valence-corrected chi connectivity index (χ2v) is 3.11. The summed E-state index contributed by atoms with van der Waals surface area (Å²) in [6, 6.07) is 6.85. The molecule has 0 amide bonds. The van der Waals surface area contributed by atoms with Crippen molar-refractivity contribution in [3.05, 3.63) is 46.0 Å². The predicted molar refractivity (Wildman–Crippen MR) is 53.1 cm³/mol. The van der Waals surface area contributed by atoms with E-state index in [1.165, 1.54) is 6.33 Å². The zero-order valence-corrected chi connectivity index (χ0v) is 7.82. The summed E-state index contributed by atoms with van der Waals surface area (Å²) in [6.45, 7) is 0. The zero-order valence-electron chi connectivity index (χ0n) is 7.07. The van der Waals surface area contributed by atoms with E-state index in [1.807, 2.05) is 0 Å². The van der Waals surface area contributed by atoms with Gasteiger partial charge in [-0.05, 0) is 12.1 Å². The van der Waals surface area contributed by atoms with Gasteiger partial charge in [-0.2, -0.15) is 0 Å². The van der Waals surface area contributed by atoms with Gasteiger partial charge in [0.25, 0.3) is 5.56 Å². The van der Waals surface area contributed by atoms with Crippen LogP contribution in [-0.2, 0) is 0 Å². The van der Waals surface area contributed by atoms with Gasteiger partial charge in [-0.1, -0.05) is 23.7 Å². The van der Waals surface area contributed by atoms with Crippen LogP contribution in [0.4, 0.5) is 0 Å². The summed E-state index contributed by atoms with van der Waals surface area (Å²) < 4.78 is 0. The maximum Gasteiger partial charge on any atom is 0.277 e. The lowest BCUT2D eigenvalue weighted by Gasteiger charge is -1.97. The Bertz CT molecular complexity index is 492. The van der Waals surface area contributed by atoms with E-state index < -0.39 is 0 Å². The van der Waals surface area contributed by atoms with Crippen molar-refractivity contribution in [1.82, 2.24) is 15.2 Å². The molecule has 70 valence electrons. The molecule has 0 fully saturated rings. The van der Waals surface area contributed by atoms with Crippen molar-refractivity contribution >= 4 is 11.6 Å². The average Bonchev–Trinajstić information content (AvgIpc) is 2.20. The molecule has 1 aromatic heterocycles. The summed E-state index contributed by atoms with van der Waals surface area (Å²) in [5.74, 6) is 0. The van der Waals surface area contributed by atoms with Crippen LogP contribution in [-0.4, -0.2) is 15.2 Å². The molecule has 0 aliphatic heterocycles. The summed E-state index contributed by atoms with van der Waals surface area (Å²) in [5, 5.41) is 7.97. The van der Waals surface area contributed by atoms with Crippen LogP contribution in [0.3, 0.4) is 0 Å². The number of hydrogen-bond donors (Lipinski definition) is 1. The minimum Gasteiger partial charge on any atom is -0.310 e. The largest absolute Gasteiger partial charge is 0.310 e. The molecule has 0 saturated heterocycles. The summed E-state index contributed by atoms with van der Waals surface area (Å²) in [4.78, 5) is 13.8. The topological polar surface area (TPSA) is 58.6 Å². The van der Waals surface area contributed by atoms with E-state index in [0.717, 1.165) is 0 Å². The number of hydrogen-bond acceptors (Lipinski definition) is 3. The highest BCUT2D eigenvalue weighted by Crippen LogP contribution is 2.15. The van der Waals surface area contributed by atoms with E-state index in [-0.39, 0.29) is 5.56 Å². The highest BCUT2D eigenvalue weighted by molar-refractivity contribution is 6.30. The highest BCUT2D eigenvalue weighted by atomic mass is 35.5. The Morgan fingerprint density at radius 1 is 1.21 bits per heavy atom. The number of halogens is 1. The Kier molecular flexibility index (Phi) is 2.28. The van der Waals surface area contributed by atoms with E-state index in [1.54, 1.807) is 24.3 Å². The van der Waals surface area contributed by atoms with Crippen LogP contribution in [0.2, 0.25) is 5.02 Å².